The Bertz CT molecular complexity index is 921. The largest absolute Gasteiger partial charge is 0.335 e. The van der Waals surface area contributed by atoms with E-state index in [1.165, 1.54) is 30.3 Å². The van der Waals surface area contributed by atoms with Gasteiger partial charge in [0.05, 0.1) is 10.6 Å². The van der Waals surface area contributed by atoms with E-state index in [1.807, 2.05) is 22.4 Å². The predicted octanol–water partition coefficient (Wildman–Crippen LogP) is 5.13. The number of thiophene rings is 1. The summed E-state index contributed by atoms with van der Waals surface area (Å²) >= 11 is 2.95. The third-order valence-electron chi connectivity index (χ3n) is 5.15. The Labute approximate surface area is 177 Å². The molecule has 1 aromatic carbocycles. The molecular formula is C21H23FN4OS2. The number of nitrogens with zero attached hydrogens (tertiary/aromatic N) is 3. The Morgan fingerprint density at radius 2 is 2.00 bits per heavy atom. The van der Waals surface area contributed by atoms with E-state index in [4.69, 9.17) is 0 Å². The zero-order valence-electron chi connectivity index (χ0n) is 16.0. The highest BCUT2D eigenvalue weighted by Crippen LogP contribution is 2.27. The number of carbonyl (C=O) groups excluding carboxylic acids is 1. The smallest absolute Gasteiger partial charge is 0.233 e. The summed E-state index contributed by atoms with van der Waals surface area (Å²) in [5.41, 5.74) is 0.952. The van der Waals surface area contributed by atoms with Gasteiger partial charge in [-0.25, -0.2) is 9.37 Å². The third-order valence-corrected chi connectivity index (χ3v) is 6.85. The molecular weight excluding hydrogens is 407 g/mol. The average molecular weight is 431 g/mol. The lowest BCUT2D eigenvalue weighted by Gasteiger charge is -2.34. The van der Waals surface area contributed by atoms with Crippen LogP contribution in [0.4, 0.5) is 4.39 Å². The van der Waals surface area contributed by atoms with Crippen molar-refractivity contribution in [3.8, 4) is 10.7 Å². The average Bonchev–Trinajstić information content (AvgIpc) is 3.44. The number of aromatic amines is 1. The first-order valence-corrected chi connectivity index (χ1v) is 11.7. The predicted molar refractivity (Wildman–Crippen MR) is 114 cm³/mol. The Morgan fingerprint density at radius 3 is 2.72 bits per heavy atom. The van der Waals surface area contributed by atoms with Crippen LogP contribution in [0.2, 0.25) is 0 Å². The number of hydrogen-bond acceptors (Lipinski definition) is 5. The first kappa shape index (κ1) is 20.1. The third kappa shape index (κ3) is 5.25. The minimum absolute atomic E-state index is 0.0775. The van der Waals surface area contributed by atoms with Crippen molar-refractivity contribution in [1.82, 2.24) is 20.1 Å². The fourth-order valence-corrected chi connectivity index (χ4v) is 4.99. The van der Waals surface area contributed by atoms with E-state index in [0.717, 1.165) is 41.9 Å². The van der Waals surface area contributed by atoms with Gasteiger partial charge in [-0.2, -0.15) is 0 Å². The van der Waals surface area contributed by atoms with Gasteiger partial charge in [0.1, 0.15) is 5.82 Å². The summed E-state index contributed by atoms with van der Waals surface area (Å²) in [5.74, 6) is 0.837. The van der Waals surface area contributed by atoms with Crippen molar-refractivity contribution in [3.05, 3.63) is 53.2 Å². The van der Waals surface area contributed by atoms with E-state index in [1.54, 1.807) is 23.5 Å². The Balaban J connectivity index is 1.42. The van der Waals surface area contributed by atoms with Gasteiger partial charge in [0, 0.05) is 12.6 Å². The first-order chi connectivity index (χ1) is 14.2. The van der Waals surface area contributed by atoms with Crippen molar-refractivity contribution in [3.63, 3.8) is 0 Å². The van der Waals surface area contributed by atoms with Gasteiger partial charge >= 0.3 is 0 Å². The number of H-pyrrole nitrogens is 1. The molecule has 29 heavy (non-hydrogen) atoms. The Hall–Kier alpha value is -2.19. The summed E-state index contributed by atoms with van der Waals surface area (Å²) < 4.78 is 13.2. The number of benzene rings is 1. The summed E-state index contributed by atoms with van der Waals surface area (Å²) in [4.78, 5) is 20.6. The molecule has 0 unspecified atom stereocenters. The zero-order valence-corrected chi connectivity index (χ0v) is 17.6. The van der Waals surface area contributed by atoms with Gasteiger partial charge in [-0.1, -0.05) is 49.2 Å². The number of thioether (sulfide) groups is 1. The SMILES string of the molecule is O=C(CSc1n[nH]c(-c2cccs2)n1)N(Cc1ccc(F)cc1)C1CCCCC1. The van der Waals surface area contributed by atoms with Gasteiger partial charge in [-0.3, -0.25) is 9.89 Å². The molecule has 0 aliphatic heterocycles. The molecule has 0 radical (unpaired) electrons. The minimum atomic E-state index is -0.258. The number of hydrogen-bond donors (Lipinski definition) is 1. The summed E-state index contributed by atoms with van der Waals surface area (Å²) in [6, 6.07) is 10.6. The highest BCUT2D eigenvalue weighted by Gasteiger charge is 2.26. The molecule has 0 spiro atoms. The molecule has 3 aromatic rings. The fourth-order valence-electron chi connectivity index (χ4n) is 3.64. The van der Waals surface area contributed by atoms with E-state index in [0.29, 0.717) is 17.5 Å². The standard InChI is InChI=1S/C21H23FN4OS2/c22-16-10-8-15(9-11-16)13-26(17-5-2-1-3-6-17)19(27)14-29-21-23-20(24-25-21)18-7-4-12-28-18/h4,7-12,17H,1-3,5-6,13-14H2,(H,23,24,25). The van der Waals surface area contributed by atoms with Crippen LogP contribution in [0.5, 0.6) is 0 Å². The van der Waals surface area contributed by atoms with E-state index in [2.05, 4.69) is 15.2 Å². The molecule has 1 fully saturated rings. The number of amides is 1. The van der Waals surface area contributed by atoms with Crippen molar-refractivity contribution in [1.29, 1.82) is 0 Å². The molecule has 2 heterocycles. The van der Waals surface area contributed by atoms with Gasteiger partial charge in [-0.15, -0.1) is 16.4 Å². The van der Waals surface area contributed by atoms with Gasteiger partial charge in [0.2, 0.25) is 11.1 Å². The molecule has 0 atom stereocenters. The number of rotatable bonds is 7. The van der Waals surface area contributed by atoms with Crippen LogP contribution in [0.1, 0.15) is 37.7 Å². The lowest BCUT2D eigenvalue weighted by Crippen LogP contribution is -2.41. The molecule has 4 rings (SSSR count). The molecule has 152 valence electrons. The lowest BCUT2D eigenvalue weighted by molar-refractivity contribution is -0.132. The molecule has 5 nitrogen and oxygen atoms in total. The highest BCUT2D eigenvalue weighted by atomic mass is 32.2. The van der Waals surface area contributed by atoms with Gasteiger partial charge < -0.3 is 4.90 Å². The van der Waals surface area contributed by atoms with Crippen LogP contribution >= 0.6 is 23.1 Å². The molecule has 1 amide bonds. The van der Waals surface area contributed by atoms with Crippen LogP contribution < -0.4 is 0 Å². The summed E-state index contributed by atoms with van der Waals surface area (Å²) in [6.45, 7) is 0.513. The van der Waals surface area contributed by atoms with Crippen molar-refractivity contribution < 1.29 is 9.18 Å². The van der Waals surface area contributed by atoms with Crippen LogP contribution in [0, 0.1) is 5.82 Å². The zero-order chi connectivity index (χ0) is 20.1. The molecule has 0 saturated heterocycles. The normalized spacial score (nSPS) is 14.8. The maximum Gasteiger partial charge on any atom is 0.233 e. The molecule has 2 aromatic heterocycles. The molecule has 8 heteroatoms. The van der Waals surface area contributed by atoms with E-state index in [-0.39, 0.29) is 17.8 Å². The minimum Gasteiger partial charge on any atom is -0.335 e. The Morgan fingerprint density at radius 1 is 1.21 bits per heavy atom. The molecule has 0 bridgehead atoms. The van der Waals surface area contributed by atoms with Crippen LogP contribution in [0.15, 0.2) is 46.9 Å². The van der Waals surface area contributed by atoms with Crippen LogP contribution in [-0.2, 0) is 11.3 Å². The summed E-state index contributed by atoms with van der Waals surface area (Å²) in [6.07, 6.45) is 5.58. The van der Waals surface area contributed by atoms with Crippen molar-refractivity contribution in [2.24, 2.45) is 0 Å². The van der Waals surface area contributed by atoms with Crippen LogP contribution in [0.25, 0.3) is 10.7 Å². The molecule has 1 aliphatic carbocycles. The van der Waals surface area contributed by atoms with Gasteiger partial charge in [-0.05, 0) is 42.0 Å². The second-order valence-corrected chi connectivity index (χ2v) is 9.06. The van der Waals surface area contributed by atoms with Crippen molar-refractivity contribution in [2.75, 3.05) is 5.75 Å². The first-order valence-electron chi connectivity index (χ1n) is 9.82. The number of carbonyl (C=O) groups is 1. The van der Waals surface area contributed by atoms with Gasteiger partial charge in [0.25, 0.3) is 0 Å². The number of nitrogens with one attached hydrogen (secondary N) is 1. The van der Waals surface area contributed by atoms with E-state index in [9.17, 15) is 9.18 Å². The molecule has 1 saturated carbocycles. The van der Waals surface area contributed by atoms with E-state index >= 15 is 0 Å². The lowest BCUT2D eigenvalue weighted by atomic mass is 9.94. The number of halogens is 1. The number of aromatic nitrogens is 3. The second kappa shape index (κ2) is 9.54. The van der Waals surface area contributed by atoms with E-state index < -0.39 is 0 Å². The van der Waals surface area contributed by atoms with Crippen LogP contribution in [-0.4, -0.2) is 37.8 Å². The van der Waals surface area contributed by atoms with Crippen LogP contribution in [0.3, 0.4) is 0 Å². The highest BCUT2D eigenvalue weighted by molar-refractivity contribution is 7.99. The fraction of sp³-hybridized carbons (Fsp3) is 0.381. The maximum absolute atomic E-state index is 13.2. The van der Waals surface area contributed by atoms with Crippen molar-refractivity contribution in [2.45, 2.75) is 49.8 Å². The topological polar surface area (TPSA) is 61.9 Å². The summed E-state index contributed by atoms with van der Waals surface area (Å²) in [5, 5.41) is 9.74. The quantitative estimate of drug-likeness (QED) is 0.528. The summed E-state index contributed by atoms with van der Waals surface area (Å²) in [7, 11) is 0. The van der Waals surface area contributed by atoms with Crippen molar-refractivity contribution >= 4 is 29.0 Å². The maximum atomic E-state index is 13.2. The Kier molecular flexibility index (Phi) is 6.61. The van der Waals surface area contributed by atoms with Gasteiger partial charge in [0.15, 0.2) is 5.82 Å². The molecule has 1 N–H and O–H groups in total. The second-order valence-electron chi connectivity index (χ2n) is 7.17. The monoisotopic (exact) mass is 430 g/mol. The molecule has 1 aliphatic rings.